The van der Waals surface area contributed by atoms with Gasteiger partial charge in [-0.15, -0.1) is 11.8 Å². The maximum absolute atomic E-state index is 13.0. The number of thioether (sulfide) groups is 1. The van der Waals surface area contributed by atoms with Crippen molar-refractivity contribution in [1.29, 1.82) is 0 Å². The lowest BCUT2D eigenvalue weighted by Gasteiger charge is -2.06. The van der Waals surface area contributed by atoms with E-state index in [9.17, 15) is 9.18 Å². The van der Waals surface area contributed by atoms with Gasteiger partial charge < -0.3 is 4.74 Å². The highest BCUT2D eigenvalue weighted by Crippen LogP contribution is 2.19. The van der Waals surface area contributed by atoms with E-state index in [1.807, 2.05) is 30.5 Å². The summed E-state index contributed by atoms with van der Waals surface area (Å²) in [6.45, 7) is -0.0952. The summed E-state index contributed by atoms with van der Waals surface area (Å²) in [7, 11) is 0. The van der Waals surface area contributed by atoms with Crippen molar-refractivity contribution in [3.63, 3.8) is 0 Å². The van der Waals surface area contributed by atoms with Crippen molar-refractivity contribution in [2.45, 2.75) is 4.90 Å². The third-order valence-corrected chi connectivity index (χ3v) is 3.32. The third kappa shape index (κ3) is 3.83. The molecule has 98 valence electrons. The molecule has 2 rings (SSSR count). The summed E-state index contributed by atoms with van der Waals surface area (Å²) >= 11 is 1.64. The number of hydrogen-bond acceptors (Lipinski definition) is 3. The Morgan fingerprint density at radius 2 is 1.95 bits per heavy atom. The van der Waals surface area contributed by atoms with E-state index in [1.54, 1.807) is 17.8 Å². The SMILES string of the molecule is CSc1ccc(OCC(=O)c2cccc(F)c2)cc1. The maximum atomic E-state index is 13.0. The molecule has 2 nitrogen and oxygen atoms in total. The summed E-state index contributed by atoms with van der Waals surface area (Å²) in [5.41, 5.74) is 0.320. The fourth-order valence-corrected chi connectivity index (χ4v) is 1.97. The summed E-state index contributed by atoms with van der Waals surface area (Å²) in [5.74, 6) is -0.0360. The Bertz CT molecular complexity index is 567. The minimum atomic E-state index is -0.421. The van der Waals surface area contributed by atoms with Crippen molar-refractivity contribution in [3.05, 3.63) is 59.9 Å². The summed E-state index contributed by atoms with van der Waals surface area (Å²) < 4.78 is 18.4. The van der Waals surface area contributed by atoms with Crippen LogP contribution in [0.3, 0.4) is 0 Å². The molecule has 0 aliphatic rings. The fourth-order valence-electron chi connectivity index (χ4n) is 1.57. The molecular weight excluding hydrogens is 263 g/mol. The van der Waals surface area contributed by atoms with E-state index in [0.29, 0.717) is 11.3 Å². The molecule has 0 spiro atoms. The largest absolute Gasteiger partial charge is 0.485 e. The van der Waals surface area contributed by atoms with Crippen molar-refractivity contribution in [1.82, 2.24) is 0 Å². The number of carbonyl (C=O) groups is 1. The first-order valence-corrected chi connectivity index (χ1v) is 6.97. The number of ketones is 1. The van der Waals surface area contributed by atoms with Crippen LogP contribution in [0.15, 0.2) is 53.4 Å². The van der Waals surface area contributed by atoms with Gasteiger partial charge in [0, 0.05) is 10.5 Å². The van der Waals surface area contributed by atoms with Crippen LogP contribution in [0.2, 0.25) is 0 Å². The van der Waals surface area contributed by atoms with Crippen LogP contribution in [0.5, 0.6) is 5.75 Å². The van der Waals surface area contributed by atoms with E-state index >= 15 is 0 Å². The van der Waals surface area contributed by atoms with Gasteiger partial charge in [-0.1, -0.05) is 12.1 Å². The molecule has 0 bridgehead atoms. The molecule has 0 aliphatic heterocycles. The third-order valence-electron chi connectivity index (χ3n) is 2.58. The van der Waals surface area contributed by atoms with Crippen molar-refractivity contribution in [3.8, 4) is 5.75 Å². The molecule has 0 fully saturated rings. The van der Waals surface area contributed by atoms with E-state index in [2.05, 4.69) is 0 Å². The van der Waals surface area contributed by atoms with Crippen LogP contribution in [0, 0.1) is 5.82 Å². The Hall–Kier alpha value is -1.81. The van der Waals surface area contributed by atoms with Gasteiger partial charge in [-0.05, 0) is 42.7 Å². The van der Waals surface area contributed by atoms with E-state index in [0.717, 1.165) is 4.90 Å². The predicted octanol–water partition coefficient (Wildman–Crippen LogP) is 3.81. The molecule has 0 heterocycles. The summed E-state index contributed by atoms with van der Waals surface area (Å²) in [5, 5.41) is 0. The Kier molecular flexibility index (Phi) is 4.58. The van der Waals surface area contributed by atoms with Crippen LogP contribution < -0.4 is 4.74 Å². The zero-order valence-electron chi connectivity index (χ0n) is 10.4. The maximum Gasteiger partial charge on any atom is 0.200 e. The van der Waals surface area contributed by atoms with Crippen LogP contribution in [0.1, 0.15) is 10.4 Å². The average Bonchev–Trinajstić information content (AvgIpc) is 2.45. The van der Waals surface area contributed by atoms with Gasteiger partial charge in [-0.2, -0.15) is 0 Å². The van der Waals surface area contributed by atoms with Crippen LogP contribution in [-0.2, 0) is 0 Å². The van der Waals surface area contributed by atoms with E-state index < -0.39 is 5.82 Å². The van der Waals surface area contributed by atoms with E-state index in [-0.39, 0.29) is 12.4 Å². The zero-order chi connectivity index (χ0) is 13.7. The molecule has 0 saturated heterocycles. The van der Waals surface area contributed by atoms with Gasteiger partial charge in [0.1, 0.15) is 11.6 Å². The molecule has 2 aromatic rings. The molecule has 4 heteroatoms. The van der Waals surface area contributed by atoms with Gasteiger partial charge in [-0.25, -0.2) is 4.39 Å². The Morgan fingerprint density at radius 1 is 1.21 bits per heavy atom. The highest BCUT2D eigenvalue weighted by atomic mass is 32.2. The van der Waals surface area contributed by atoms with E-state index in [1.165, 1.54) is 18.2 Å². The van der Waals surface area contributed by atoms with Crippen LogP contribution in [0.25, 0.3) is 0 Å². The number of benzene rings is 2. The normalized spacial score (nSPS) is 10.2. The first-order chi connectivity index (χ1) is 9.19. The molecular formula is C15H13FO2S. The minimum Gasteiger partial charge on any atom is -0.485 e. The van der Waals surface area contributed by atoms with Crippen molar-refractivity contribution in [2.75, 3.05) is 12.9 Å². The number of halogens is 1. The first-order valence-electron chi connectivity index (χ1n) is 5.74. The second kappa shape index (κ2) is 6.38. The van der Waals surface area contributed by atoms with Gasteiger partial charge in [0.2, 0.25) is 0 Å². The molecule has 19 heavy (non-hydrogen) atoms. The molecule has 0 aliphatic carbocycles. The van der Waals surface area contributed by atoms with Gasteiger partial charge in [0.25, 0.3) is 0 Å². The first kappa shape index (κ1) is 13.6. The number of carbonyl (C=O) groups excluding carboxylic acids is 1. The Morgan fingerprint density at radius 3 is 2.58 bits per heavy atom. The van der Waals surface area contributed by atoms with Gasteiger partial charge in [-0.3, -0.25) is 4.79 Å². The zero-order valence-corrected chi connectivity index (χ0v) is 11.2. The molecule has 0 radical (unpaired) electrons. The molecule has 0 atom stereocenters. The second-order valence-electron chi connectivity index (χ2n) is 3.90. The molecule has 0 aromatic heterocycles. The molecule has 0 amide bonds. The second-order valence-corrected chi connectivity index (χ2v) is 4.78. The van der Waals surface area contributed by atoms with Crippen molar-refractivity contribution >= 4 is 17.5 Å². The topological polar surface area (TPSA) is 26.3 Å². The highest BCUT2D eigenvalue weighted by Gasteiger charge is 2.07. The molecule has 0 unspecified atom stereocenters. The highest BCUT2D eigenvalue weighted by molar-refractivity contribution is 7.98. The van der Waals surface area contributed by atoms with Crippen LogP contribution >= 0.6 is 11.8 Å². The lowest BCUT2D eigenvalue weighted by atomic mass is 10.1. The lowest BCUT2D eigenvalue weighted by Crippen LogP contribution is -2.11. The van der Waals surface area contributed by atoms with Gasteiger partial charge in [0.15, 0.2) is 12.4 Å². The Balaban J connectivity index is 1.96. The van der Waals surface area contributed by atoms with Crippen molar-refractivity contribution in [2.24, 2.45) is 0 Å². The fraction of sp³-hybridized carbons (Fsp3) is 0.133. The molecule has 2 aromatic carbocycles. The van der Waals surface area contributed by atoms with Crippen molar-refractivity contribution < 1.29 is 13.9 Å². The average molecular weight is 276 g/mol. The van der Waals surface area contributed by atoms with Gasteiger partial charge in [0.05, 0.1) is 0 Å². The number of rotatable bonds is 5. The van der Waals surface area contributed by atoms with Crippen LogP contribution in [-0.4, -0.2) is 18.6 Å². The van der Waals surface area contributed by atoms with Crippen LogP contribution in [0.4, 0.5) is 4.39 Å². The van der Waals surface area contributed by atoms with Gasteiger partial charge >= 0.3 is 0 Å². The monoisotopic (exact) mass is 276 g/mol. The predicted molar refractivity (Wildman–Crippen MR) is 74.4 cm³/mol. The standard InChI is InChI=1S/C15H13FO2S/c1-19-14-7-5-13(6-8-14)18-10-15(17)11-3-2-4-12(16)9-11/h2-9H,10H2,1H3. The quantitative estimate of drug-likeness (QED) is 0.613. The smallest absolute Gasteiger partial charge is 0.200 e. The number of Topliss-reactive ketones (excluding diaryl/α,β-unsaturated/α-hetero) is 1. The summed E-state index contributed by atoms with van der Waals surface area (Å²) in [6, 6.07) is 13.1. The summed E-state index contributed by atoms with van der Waals surface area (Å²) in [6.07, 6.45) is 1.99. The lowest BCUT2D eigenvalue weighted by molar-refractivity contribution is 0.0921. The molecule has 0 saturated carbocycles. The number of hydrogen-bond donors (Lipinski definition) is 0. The minimum absolute atomic E-state index is 0.0952. The Labute approximate surface area is 115 Å². The molecule has 0 N–H and O–H groups in total. The summed E-state index contributed by atoms with van der Waals surface area (Å²) in [4.78, 5) is 12.9. The van der Waals surface area contributed by atoms with E-state index in [4.69, 9.17) is 4.74 Å². The number of ether oxygens (including phenoxy) is 1.